The van der Waals surface area contributed by atoms with Gasteiger partial charge in [-0.25, -0.2) is 4.98 Å². The predicted octanol–water partition coefficient (Wildman–Crippen LogP) is 2.81. The van der Waals surface area contributed by atoms with Crippen molar-refractivity contribution in [2.24, 2.45) is 5.92 Å². The Kier molecular flexibility index (Phi) is 3.93. The number of nitrogens with zero attached hydrogens (tertiary/aromatic N) is 3. The number of nitrogens with one attached hydrogen (secondary N) is 1. The summed E-state index contributed by atoms with van der Waals surface area (Å²) in [6.07, 6.45) is 9.45. The van der Waals surface area contributed by atoms with Crippen LogP contribution in [0.4, 0.5) is 5.69 Å². The number of aromatic nitrogens is 3. The van der Waals surface area contributed by atoms with Gasteiger partial charge in [-0.2, -0.15) is 5.10 Å². The minimum absolute atomic E-state index is 0.165. The number of fused-ring (bicyclic) bond motifs is 1. The molecule has 3 aromatic rings. The van der Waals surface area contributed by atoms with E-state index in [1.54, 1.807) is 6.20 Å². The van der Waals surface area contributed by atoms with Gasteiger partial charge in [0.2, 0.25) is 0 Å². The number of anilines is 1. The van der Waals surface area contributed by atoms with Crippen LogP contribution in [-0.4, -0.2) is 20.7 Å². The fraction of sp³-hybridized carbons (Fsp3) is 0.353. The summed E-state index contributed by atoms with van der Waals surface area (Å²) in [6.45, 7) is 1.42. The van der Waals surface area contributed by atoms with Crippen molar-refractivity contribution in [3.05, 3.63) is 41.2 Å². The molecule has 0 saturated heterocycles. The van der Waals surface area contributed by atoms with E-state index < -0.39 is 0 Å². The van der Waals surface area contributed by atoms with Crippen LogP contribution in [0.2, 0.25) is 0 Å². The van der Waals surface area contributed by atoms with Gasteiger partial charge >= 0.3 is 0 Å². The Morgan fingerprint density at radius 3 is 3.08 bits per heavy atom. The number of thiophene rings is 1. The van der Waals surface area contributed by atoms with E-state index in [-0.39, 0.29) is 5.91 Å². The van der Waals surface area contributed by atoms with Crippen LogP contribution in [0.15, 0.2) is 30.7 Å². The molecule has 1 aliphatic rings. The van der Waals surface area contributed by atoms with Crippen LogP contribution in [0.5, 0.6) is 0 Å². The standard InChI is InChI=1S/C17H19N5OS/c18-14-13-5-2-6-19-17(13)24-15(14)16(23)20-7-12-8-21-22(10-12)9-11-3-1-4-11/h2,5-6,8,10-11H,1,3-4,7,9,18H2,(H,20,23). The maximum absolute atomic E-state index is 12.4. The zero-order valence-corrected chi connectivity index (χ0v) is 14.1. The molecule has 0 aliphatic heterocycles. The molecule has 7 heteroatoms. The molecular formula is C17H19N5OS. The van der Waals surface area contributed by atoms with Crippen molar-refractivity contribution < 1.29 is 4.79 Å². The molecule has 1 aliphatic carbocycles. The largest absolute Gasteiger partial charge is 0.397 e. The van der Waals surface area contributed by atoms with Crippen LogP contribution in [0.1, 0.15) is 34.5 Å². The van der Waals surface area contributed by atoms with E-state index in [2.05, 4.69) is 15.4 Å². The summed E-state index contributed by atoms with van der Waals surface area (Å²) >= 11 is 1.32. The highest BCUT2D eigenvalue weighted by Crippen LogP contribution is 2.31. The van der Waals surface area contributed by atoms with Crippen molar-refractivity contribution in [2.75, 3.05) is 5.73 Å². The number of rotatable bonds is 5. The smallest absolute Gasteiger partial charge is 0.263 e. The lowest BCUT2D eigenvalue weighted by Crippen LogP contribution is -2.22. The monoisotopic (exact) mass is 341 g/mol. The molecule has 6 nitrogen and oxygen atoms in total. The van der Waals surface area contributed by atoms with Crippen molar-refractivity contribution in [1.82, 2.24) is 20.1 Å². The first-order valence-corrected chi connectivity index (χ1v) is 8.95. The number of carbonyl (C=O) groups excluding carboxylic acids is 1. The zero-order valence-electron chi connectivity index (χ0n) is 13.2. The van der Waals surface area contributed by atoms with E-state index in [1.165, 1.54) is 30.6 Å². The summed E-state index contributed by atoms with van der Waals surface area (Å²) in [4.78, 5) is 18.0. The lowest BCUT2D eigenvalue weighted by Gasteiger charge is -2.24. The molecule has 3 N–H and O–H groups in total. The Labute approximate surface area is 143 Å². The highest BCUT2D eigenvalue weighted by Gasteiger charge is 2.19. The van der Waals surface area contributed by atoms with Gasteiger partial charge in [-0.05, 0) is 30.9 Å². The van der Waals surface area contributed by atoms with Gasteiger partial charge in [0.15, 0.2) is 0 Å². The van der Waals surface area contributed by atoms with Crippen molar-refractivity contribution in [2.45, 2.75) is 32.4 Å². The summed E-state index contributed by atoms with van der Waals surface area (Å²) < 4.78 is 1.98. The number of hydrogen-bond acceptors (Lipinski definition) is 5. The topological polar surface area (TPSA) is 85.8 Å². The van der Waals surface area contributed by atoms with E-state index in [9.17, 15) is 4.79 Å². The SMILES string of the molecule is Nc1c(C(=O)NCc2cnn(CC3CCC3)c2)sc2ncccc12. The van der Waals surface area contributed by atoms with Gasteiger partial charge in [-0.15, -0.1) is 11.3 Å². The molecule has 0 aromatic carbocycles. The van der Waals surface area contributed by atoms with Gasteiger partial charge in [-0.3, -0.25) is 9.48 Å². The Morgan fingerprint density at radius 1 is 1.46 bits per heavy atom. The molecule has 24 heavy (non-hydrogen) atoms. The van der Waals surface area contributed by atoms with E-state index >= 15 is 0 Å². The lowest BCUT2D eigenvalue weighted by atomic mass is 9.85. The average molecular weight is 341 g/mol. The Morgan fingerprint density at radius 2 is 2.33 bits per heavy atom. The molecule has 1 fully saturated rings. The fourth-order valence-corrected chi connectivity index (χ4v) is 3.90. The first kappa shape index (κ1) is 15.1. The van der Waals surface area contributed by atoms with Gasteiger partial charge < -0.3 is 11.1 Å². The summed E-state index contributed by atoms with van der Waals surface area (Å²) in [7, 11) is 0. The molecule has 1 saturated carbocycles. The van der Waals surface area contributed by atoms with Crippen molar-refractivity contribution in [3.63, 3.8) is 0 Å². The van der Waals surface area contributed by atoms with E-state index in [4.69, 9.17) is 5.73 Å². The van der Waals surface area contributed by atoms with E-state index in [1.807, 2.05) is 29.2 Å². The molecule has 3 heterocycles. The number of amides is 1. The van der Waals surface area contributed by atoms with Crippen LogP contribution in [0.3, 0.4) is 0 Å². The maximum atomic E-state index is 12.4. The Balaban J connectivity index is 1.41. The Hall–Kier alpha value is -2.41. The number of carbonyl (C=O) groups is 1. The molecule has 1 amide bonds. The first-order valence-electron chi connectivity index (χ1n) is 8.13. The summed E-state index contributed by atoms with van der Waals surface area (Å²) in [5.74, 6) is 0.598. The molecule has 4 rings (SSSR count). The Bertz CT molecular complexity index is 880. The van der Waals surface area contributed by atoms with Gasteiger partial charge in [-0.1, -0.05) is 6.42 Å². The molecule has 0 unspecified atom stereocenters. The lowest BCUT2D eigenvalue weighted by molar-refractivity contribution is 0.0956. The third-order valence-electron chi connectivity index (χ3n) is 4.52. The molecule has 3 aromatic heterocycles. The summed E-state index contributed by atoms with van der Waals surface area (Å²) in [6, 6.07) is 3.71. The minimum atomic E-state index is -0.165. The van der Waals surface area contributed by atoms with Gasteiger partial charge in [0, 0.05) is 36.4 Å². The summed E-state index contributed by atoms with van der Waals surface area (Å²) in [5, 5.41) is 8.13. The number of nitrogens with two attached hydrogens (primary N) is 1. The number of hydrogen-bond donors (Lipinski definition) is 2. The highest BCUT2D eigenvalue weighted by atomic mass is 32.1. The van der Waals surface area contributed by atoms with Crippen LogP contribution in [0.25, 0.3) is 10.2 Å². The highest BCUT2D eigenvalue weighted by molar-refractivity contribution is 7.21. The second-order valence-corrected chi connectivity index (χ2v) is 7.25. The van der Waals surface area contributed by atoms with Crippen molar-refractivity contribution in [1.29, 1.82) is 0 Å². The quantitative estimate of drug-likeness (QED) is 0.747. The number of nitrogen functional groups attached to an aromatic ring is 1. The van der Waals surface area contributed by atoms with E-state index in [0.29, 0.717) is 17.1 Å². The van der Waals surface area contributed by atoms with Gasteiger partial charge in [0.1, 0.15) is 9.71 Å². The fourth-order valence-electron chi connectivity index (χ4n) is 2.92. The van der Waals surface area contributed by atoms with Gasteiger partial charge in [0.25, 0.3) is 5.91 Å². The van der Waals surface area contributed by atoms with Crippen molar-refractivity contribution in [3.8, 4) is 0 Å². The second-order valence-electron chi connectivity index (χ2n) is 6.25. The van der Waals surface area contributed by atoms with Crippen molar-refractivity contribution >= 4 is 33.1 Å². The van der Waals surface area contributed by atoms with Gasteiger partial charge in [0.05, 0.1) is 11.9 Å². The third kappa shape index (κ3) is 2.87. The molecule has 0 radical (unpaired) electrons. The zero-order chi connectivity index (χ0) is 16.5. The molecular weight excluding hydrogens is 322 g/mol. The molecule has 0 atom stereocenters. The molecule has 0 spiro atoms. The number of pyridine rings is 1. The predicted molar refractivity (Wildman–Crippen MR) is 94.8 cm³/mol. The van der Waals surface area contributed by atoms with Crippen LogP contribution >= 0.6 is 11.3 Å². The third-order valence-corrected chi connectivity index (χ3v) is 5.65. The molecule has 124 valence electrons. The van der Waals surface area contributed by atoms with Crippen LogP contribution in [0, 0.1) is 5.92 Å². The van der Waals surface area contributed by atoms with Crippen LogP contribution in [-0.2, 0) is 13.1 Å². The average Bonchev–Trinajstić information content (AvgIpc) is 3.14. The van der Waals surface area contributed by atoms with Crippen LogP contribution < -0.4 is 11.1 Å². The van der Waals surface area contributed by atoms with E-state index in [0.717, 1.165) is 28.2 Å². The summed E-state index contributed by atoms with van der Waals surface area (Å²) in [5.41, 5.74) is 7.58. The second kappa shape index (κ2) is 6.24. The maximum Gasteiger partial charge on any atom is 0.263 e. The minimum Gasteiger partial charge on any atom is -0.397 e. The molecule has 0 bridgehead atoms. The first-order chi connectivity index (χ1) is 11.7. The normalized spacial score (nSPS) is 14.7.